The van der Waals surface area contributed by atoms with Crippen LogP contribution in [0.4, 0.5) is 23.2 Å². The summed E-state index contributed by atoms with van der Waals surface area (Å²) >= 11 is 0. The van der Waals surface area contributed by atoms with Crippen molar-refractivity contribution in [3.05, 3.63) is 47.0 Å². The molecule has 4 nitrogen and oxygen atoms in total. The van der Waals surface area contributed by atoms with E-state index in [9.17, 15) is 22.4 Å². The van der Waals surface area contributed by atoms with Crippen molar-refractivity contribution >= 4 is 11.6 Å². The molecule has 1 aromatic carbocycles. The number of hydrogen-bond donors (Lipinski definition) is 1. The molecule has 0 atom stereocenters. The molecule has 2 aromatic rings. The van der Waals surface area contributed by atoms with Crippen LogP contribution >= 0.6 is 0 Å². The number of rotatable bonds is 2. The van der Waals surface area contributed by atoms with Crippen molar-refractivity contribution in [3.8, 4) is 0 Å². The molecule has 0 unspecified atom stereocenters. The summed E-state index contributed by atoms with van der Waals surface area (Å²) in [5.41, 5.74) is -1.46. The molecule has 0 spiro atoms. The number of amides is 1. The Morgan fingerprint density at radius 3 is 2.62 bits per heavy atom. The third kappa shape index (κ3) is 3.21. The van der Waals surface area contributed by atoms with Gasteiger partial charge in [0.15, 0.2) is 5.69 Å². The van der Waals surface area contributed by atoms with Crippen molar-refractivity contribution in [1.29, 1.82) is 0 Å². The Morgan fingerprint density at radius 2 is 2.00 bits per heavy atom. The number of nitrogens with one attached hydrogen (secondary N) is 1. The number of carbonyl (C=O) groups excluding carboxylic acids is 1. The summed E-state index contributed by atoms with van der Waals surface area (Å²) < 4.78 is 52.8. The molecule has 0 aliphatic heterocycles. The number of hydrogen-bond acceptors (Lipinski definition) is 2. The zero-order valence-corrected chi connectivity index (χ0v) is 11.1. The van der Waals surface area contributed by atoms with Crippen molar-refractivity contribution in [3.63, 3.8) is 0 Å². The Hall–Kier alpha value is -2.38. The van der Waals surface area contributed by atoms with Gasteiger partial charge in [-0.1, -0.05) is 11.6 Å². The van der Waals surface area contributed by atoms with Crippen LogP contribution in [0.25, 0.3) is 0 Å². The Morgan fingerprint density at radius 1 is 1.33 bits per heavy atom. The molecule has 0 aliphatic rings. The number of halogens is 4. The summed E-state index contributed by atoms with van der Waals surface area (Å²) in [6.07, 6.45) is -3.70. The average Bonchev–Trinajstić information content (AvgIpc) is 2.73. The predicted molar refractivity (Wildman–Crippen MR) is 67.3 cm³/mol. The molecule has 21 heavy (non-hydrogen) atoms. The van der Waals surface area contributed by atoms with E-state index in [0.717, 1.165) is 16.9 Å². The van der Waals surface area contributed by atoms with Crippen molar-refractivity contribution < 1.29 is 22.4 Å². The lowest BCUT2D eigenvalue weighted by Gasteiger charge is -2.08. The number of nitrogens with zero attached hydrogens (tertiary/aromatic N) is 2. The quantitative estimate of drug-likeness (QED) is 0.866. The fourth-order valence-corrected chi connectivity index (χ4v) is 1.79. The van der Waals surface area contributed by atoms with Gasteiger partial charge in [-0.05, 0) is 19.1 Å². The highest BCUT2D eigenvalue weighted by molar-refractivity contribution is 6.04. The van der Waals surface area contributed by atoms with Crippen LogP contribution < -0.4 is 5.32 Å². The van der Waals surface area contributed by atoms with Crippen LogP contribution in [0.1, 0.15) is 21.6 Å². The summed E-state index contributed by atoms with van der Waals surface area (Å²) in [6, 6.07) is 3.80. The van der Waals surface area contributed by atoms with Gasteiger partial charge in [-0.3, -0.25) is 9.48 Å². The normalized spacial score (nSPS) is 11.5. The SMILES string of the molecule is Cc1ccc(F)c(C(=O)Nc2cn(C)nc2C(F)(F)F)c1. The summed E-state index contributed by atoms with van der Waals surface area (Å²) in [4.78, 5) is 11.9. The van der Waals surface area contributed by atoms with E-state index >= 15 is 0 Å². The number of aromatic nitrogens is 2. The number of aryl methyl sites for hydroxylation is 2. The Balaban J connectivity index is 2.34. The van der Waals surface area contributed by atoms with Crippen LogP contribution in [0.3, 0.4) is 0 Å². The van der Waals surface area contributed by atoms with Gasteiger partial charge in [0.05, 0.1) is 11.3 Å². The molecule has 0 saturated heterocycles. The van der Waals surface area contributed by atoms with Crippen LogP contribution in [0.2, 0.25) is 0 Å². The lowest BCUT2D eigenvalue weighted by molar-refractivity contribution is -0.140. The van der Waals surface area contributed by atoms with Crippen LogP contribution in [-0.4, -0.2) is 15.7 Å². The van der Waals surface area contributed by atoms with Gasteiger partial charge in [-0.2, -0.15) is 18.3 Å². The molecule has 1 N–H and O–H groups in total. The molecule has 1 heterocycles. The van der Waals surface area contributed by atoms with Crippen LogP contribution in [-0.2, 0) is 13.2 Å². The van der Waals surface area contributed by atoms with Crippen molar-refractivity contribution in [2.45, 2.75) is 13.1 Å². The monoisotopic (exact) mass is 301 g/mol. The van der Waals surface area contributed by atoms with E-state index in [-0.39, 0.29) is 5.56 Å². The van der Waals surface area contributed by atoms with E-state index in [2.05, 4.69) is 5.10 Å². The second-order valence-electron chi connectivity index (χ2n) is 4.50. The molecule has 2 rings (SSSR count). The molecule has 0 aliphatic carbocycles. The van der Waals surface area contributed by atoms with E-state index in [0.29, 0.717) is 5.56 Å². The maximum atomic E-state index is 13.6. The topological polar surface area (TPSA) is 46.9 Å². The fourth-order valence-electron chi connectivity index (χ4n) is 1.79. The lowest BCUT2D eigenvalue weighted by atomic mass is 10.1. The van der Waals surface area contributed by atoms with Gasteiger partial charge < -0.3 is 5.32 Å². The summed E-state index contributed by atoms with van der Waals surface area (Å²) in [5.74, 6) is -1.77. The number of benzene rings is 1. The summed E-state index contributed by atoms with van der Waals surface area (Å²) in [7, 11) is 1.29. The molecule has 0 fully saturated rings. The Labute approximate surface area is 117 Å². The molecule has 0 bridgehead atoms. The smallest absolute Gasteiger partial charge is 0.319 e. The third-order valence-corrected chi connectivity index (χ3v) is 2.71. The first-order chi connectivity index (χ1) is 9.68. The highest BCUT2D eigenvalue weighted by atomic mass is 19.4. The number of alkyl halides is 3. The molecule has 8 heteroatoms. The minimum atomic E-state index is -4.71. The van der Waals surface area contributed by atoms with Crippen LogP contribution in [0.15, 0.2) is 24.4 Å². The van der Waals surface area contributed by atoms with Gasteiger partial charge in [-0.25, -0.2) is 4.39 Å². The lowest BCUT2D eigenvalue weighted by Crippen LogP contribution is -2.17. The van der Waals surface area contributed by atoms with Crippen molar-refractivity contribution in [1.82, 2.24) is 9.78 Å². The summed E-state index contributed by atoms with van der Waals surface area (Å²) in [5, 5.41) is 5.29. The van der Waals surface area contributed by atoms with Crippen molar-refractivity contribution in [2.75, 3.05) is 5.32 Å². The molecule has 0 radical (unpaired) electrons. The van der Waals surface area contributed by atoms with E-state index in [1.807, 2.05) is 5.32 Å². The highest BCUT2D eigenvalue weighted by Crippen LogP contribution is 2.33. The first-order valence-corrected chi connectivity index (χ1v) is 5.87. The molecular formula is C13H11F4N3O. The third-order valence-electron chi connectivity index (χ3n) is 2.71. The Kier molecular flexibility index (Phi) is 3.71. The maximum absolute atomic E-state index is 13.6. The van der Waals surface area contributed by atoms with Gasteiger partial charge in [0.1, 0.15) is 5.82 Å². The van der Waals surface area contributed by atoms with E-state index in [1.54, 1.807) is 6.92 Å². The molecule has 1 amide bonds. The predicted octanol–water partition coefficient (Wildman–Crippen LogP) is 3.14. The number of anilines is 1. The van der Waals surface area contributed by atoms with Crippen LogP contribution in [0.5, 0.6) is 0 Å². The maximum Gasteiger partial charge on any atom is 0.437 e. The van der Waals surface area contributed by atoms with Gasteiger partial charge in [-0.15, -0.1) is 0 Å². The van der Waals surface area contributed by atoms with Gasteiger partial charge in [0.25, 0.3) is 5.91 Å². The van der Waals surface area contributed by atoms with Gasteiger partial charge in [0, 0.05) is 13.2 Å². The molecule has 112 valence electrons. The first kappa shape index (κ1) is 15.0. The van der Waals surface area contributed by atoms with Gasteiger partial charge in [0.2, 0.25) is 0 Å². The highest BCUT2D eigenvalue weighted by Gasteiger charge is 2.37. The minimum Gasteiger partial charge on any atom is -0.319 e. The molecule has 0 saturated carbocycles. The second kappa shape index (κ2) is 5.19. The van der Waals surface area contributed by atoms with Crippen molar-refractivity contribution in [2.24, 2.45) is 7.05 Å². The van der Waals surface area contributed by atoms with E-state index in [1.165, 1.54) is 19.2 Å². The van der Waals surface area contributed by atoms with E-state index < -0.39 is 29.3 Å². The zero-order chi connectivity index (χ0) is 15.8. The van der Waals surface area contributed by atoms with Gasteiger partial charge >= 0.3 is 6.18 Å². The fraction of sp³-hybridized carbons (Fsp3) is 0.231. The van der Waals surface area contributed by atoms with E-state index in [4.69, 9.17) is 0 Å². The summed E-state index contributed by atoms with van der Waals surface area (Å²) in [6.45, 7) is 1.64. The first-order valence-electron chi connectivity index (χ1n) is 5.87. The second-order valence-corrected chi connectivity index (χ2v) is 4.50. The standard InChI is InChI=1S/C13H11F4N3O/c1-7-3-4-9(14)8(5-7)12(21)18-10-6-20(2)19-11(10)13(15,16)17/h3-6H,1-2H3,(H,18,21). The molecular weight excluding hydrogens is 290 g/mol. The molecule has 1 aromatic heterocycles. The number of carbonyl (C=O) groups is 1. The Bertz CT molecular complexity index is 691. The van der Waals surface area contributed by atoms with Crippen LogP contribution in [0, 0.1) is 12.7 Å². The minimum absolute atomic E-state index is 0.327. The average molecular weight is 301 g/mol. The largest absolute Gasteiger partial charge is 0.437 e. The zero-order valence-electron chi connectivity index (χ0n) is 11.1.